The third kappa shape index (κ3) is 12.1. The van der Waals surface area contributed by atoms with E-state index in [1.165, 1.54) is 22.6 Å². The summed E-state index contributed by atoms with van der Waals surface area (Å²) in [5, 5.41) is 13.1. The van der Waals surface area contributed by atoms with Crippen LogP contribution in [0.4, 0.5) is 8.78 Å². The van der Waals surface area contributed by atoms with Gasteiger partial charge in [-0.05, 0) is 121 Å². The molecule has 0 amide bonds. The predicted molar refractivity (Wildman–Crippen MR) is 262 cm³/mol. The van der Waals surface area contributed by atoms with Crippen LogP contribution < -0.4 is 0 Å². The molecule has 4 aromatic heterocycles. The molecule has 0 saturated carbocycles. The molecule has 1 unspecified atom stereocenters. The lowest BCUT2D eigenvalue weighted by atomic mass is 9.72. The van der Waals surface area contributed by atoms with E-state index in [1.54, 1.807) is 47.2 Å². The third-order valence-corrected chi connectivity index (χ3v) is 16.5. The van der Waals surface area contributed by atoms with Crippen molar-refractivity contribution in [3.8, 4) is 20.9 Å². The molecule has 0 radical (unpaired) electrons. The van der Waals surface area contributed by atoms with Gasteiger partial charge in [-0.3, -0.25) is 4.79 Å². The minimum Gasteiger partial charge on any atom is -0.462 e. The van der Waals surface area contributed by atoms with Crippen molar-refractivity contribution in [2.45, 2.75) is 106 Å². The SMILES string of the molecule is CC[C@H]1OC(=O)[C@H](C)[C@@H](C)[C@@H]1C.CC[C@H]1OC(O)(c2ccc(Cl)c(Cc3ccc(-c4ccc(F)nc4)s3)c2)[C@H](C)[C@@H](C)[C@@H]1C.Cc1ccc(Cl)c(Cc2ccc(-c3ccc(F)nc3)s2)c1. The van der Waals surface area contributed by atoms with E-state index in [-0.39, 0.29) is 30.0 Å². The molecule has 6 aromatic rings. The molecule has 0 spiro atoms. The van der Waals surface area contributed by atoms with Crippen molar-refractivity contribution in [1.82, 2.24) is 9.97 Å². The molecule has 12 heteroatoms. The van der Waals surface area contributed by atoms with Crippen molar-refractivity contribution in [2.75, 3.05) is 0 Å². The van der Waals surface area contributed by atoms with Gasteiger partial charge in [0.25, 0.3) is 0 Å². The highest BCUT2D eigenvalue weighted by atomic mass is 35.5. The van der Waals surface area contributed by atoms with Crippen molar-refractivity contribution in [3.05, 3.63) is 151 Å². The molecule has 6 nitrogen and oxygen atoms in total. The number of halogens is 4. The second kappa shape index (κ2) is 22.2. The number of aryl methyl sites for hydroxylation is 1. The van der Waals surface area contributed by atoms with Gasteiger partial charge in [0.1, 0.15) is 6.10 Å². The number of thiophene rings is 2. The second-order valence-electron chi connectivity index (χ2n) is 17.7. The number of esters is 1. The lowest BCUT2D eigenvalue weighted by Gasteiger charge is -2.49. The zero-order chi connectivity index (χ0) is 47.2. The number of hydrogen-bond acceptors (Lipinski definition) is 8. The fourth-order valence-electron chi connectivity index (χ4n) is 8.66. The predicted octanol–water partition coefficient (Wildman–Crippen LogP) is 14.8. The normalized spacial score (nSPS) is 25.2. The molecule has 346 valence electrons. The van der Waals surface area contributed by atoms with Crippen LogP contribution in [0.25, 0.3) is 20.9 Å². The van der Waals surface area contributed by atoms with E-state index in [4.69, 9.17) is 32.7 Å². The summed E-state index contributed by atoms with van der Waals surface area (Å²) in [6.07, 6.45) is 6.49. The van der Waals surface area contributed by atoms with Crippen LogP contribution in [-0.4, -0.2) is 33.3 Å². The Morgan fingerprint density at radius 2 is 1.17 bits per heavy atom. The van der Waals surface area contributed by atoms with Crippen molar-refractivity contribution in [2.24, 2.45) is 35.5 Å². The zero-order valence-corrected chi connectivity index (χ0v) is 41.7. The van der Waals surface area contributed by atoms with Crippen LogP contribution in [0.1, 0.15) is 100 Å². The van der Waals surface area contributed by atoms with E-state index in [0.29, 0.717) is 35.1 Å². The Labute approximate surface area is 401 Å². The first kappa shape index (κ1) is 50.4. The van der Waals surface area contributed by atoms with Gasteiger partial charge in [0.15, 0.2) is 5.79 Å². The zero-order valence-electron chi connectivity index (χ0n) is 38.6. The molecule has 6 heterocycles. The Morgan fingerprint density at radius 3 is 1.68 bits per heavy atom. The number of aromatic nitrogens is 2. The number of hydrogen-bond donors (Lipinski definition) is 1. The average Bonchev–Trinajstić information content (AvgIpc) is 3.98. The molecule has 65 heavy (non-hydrogen) atoms. The minimum absolute atomic E-state index is 0.00880. The van der Waals surface area contributed by atoms with E-state index in [9.17, 15) is 18.7 Å². The third-order valence-electron chi connectivity index (χ3n) is 13.5. The number of carbonyl (C=O) groups is 1. The summed E-state index contributed by atoms with van der Waals surface area (Å²) in [6.45, 7) is 18.9. The maximum absolute atomic E-state index is 13.1. The fraction of sp³-hybridized carbons (Fsp3) is 0.415. The monoisotopic (exact) mass is 960 g/mol. The van der Waals surface area contributed by atoms with Crippen LogP contribution in [-0.2, 0) is 32.9 Å². The van der Waals surface area contributed by atoms with Crippen LogP contribution in [0.3, 0.4) is 0 Å². The summed E-state index contributed by atoms with van der Waals surface area (Å²) in [6, 6.07) is 26.2. The Kier molecular flexibility index (Phi) is 17.2. The van der Waals surface area contributed by atoms with E-state index < -0.39 is 17.7 Å². The van der Waals surface area contributed by atoms with E-state index in [2.05, 4.69) is 83.6 Å². The number of ether oxygens (including phenoxy) is 2. The Bertz CT molecular complexity index is 2510. The van der Waals surface area contributed by atoms with Gasteiger partial charge in [-0.25, -0.2) is 9.97 Å². The summed E-state index contributed by atoms with van der Waals surface area (Å²) in [5.41, 5.74) is 5.84. The summed E-state index contributed by atoms with van der Waals surface area (Å²) in [5.74, 6) is -0.619. The van der Waals surface area contributed by atoms with Crippen LogP contribution in [0.5, 0.6) is 0 Å². The number of carbonyl (C=O) groups excluding carboxylic acids is 1. The Hall–Kier alpha value is -4.03. The van der Waals surface area contributed by atoms with Gasteiger partial charge in [-0.2, -0.15) is 8.78 Å². The van der Waals surface area contributed by atoms with Gasteiger partial charge in [0, 0.05) is 77.4 Å². The van der Waals surface area contributed by atoms with Crippen LogP contribution >= 0.6 is 45.9 Å². The molecule has 8 rings (SSSR count). The van der Waals surface area contributed by atoms with E-state index in [0.717, 1.165) is 66.7 Å². The van der Waals surface area contributed by atoms with Crippen LogP contribution in [0.2, 0.25) is 10.0 Å². The summed E-state index contributed by atoms with van der Waals surface area (Å²) < 4.78 is 37.6. The molecule has 1 N–H and O–H groups in total. The highest BCUT2D eigenvalue weighted by Crippen LogP contribution is 2.47. The van der Waals surface area contributed by atoms with Crippen LogP contribution in [0, 0.1) is 54.3 Å². The average molecular weight is 962 g/mol. The highest BCUT2D eigenvalue weighted by Gasteiger charge is 2.49. The molecule has 2 fully saturated rings. The standard InChI is InChI=1S/C26H29ClFNO2S.C17H13ClFNS.C10H18O2/c1-5-23-16(3)15(2)17(4)26(30,31-23)20-7-9-22(27)19(12-20)13-21-8-10-24(32-21)18-6-11-25(28)29-14-18;1-11-2-5-15(18)13(8-11)9-14-4-6-16(21-14)12-3-7-17(19)20-10-12;1-5-9-7(3)6(2)8(4)10(11)12-9/h6-12,14-17,23,30H,5,13H2,1-4H3;2-8,10H,9H2,1H3;6-9H,5H2,1-4H3/t15-,16-,17+,23+,26?;;6-,7-,8+,9+/m0.0/s1. The number of pyridine rings is 2. The van der Waals surface area contributed by atoms with Crippen molar-refractivity contribution < 1.29 is 28.2 Å². The lowest BCUT2D eigenvalue weighted by Crippen LogP contribution is -2.51. The number of rotatable bonds is 9. The molecule has 0 aliphatic carbocycles. The molecular formula is C53H60Cl2F2N2O4S2. The van der Waals surface area contributed by atoms with Gasteiger partial charge in [0.05, 0.1) is 12.0 Å². The van der Waals surface area contributed by atoms with Crippen molar-refractivity contribution >= 4 is 51.8 Å². The maximum Gasteiger partial charge on any atom is 0.309 e. The van der Waals surface area contributed by atoms with Gasteiger partial charge < -0.3 is 14.6 Å². The second-order valence-corrected chi connectivity index (χ2v) is 20.8. The molecular weight excluding hydrogens is 902 g/mol. The molecule has 2 saturated heterocycles. The first-order valence-electron chi connectivity index (χ1n) is 22.5. The smallest absolute Gasteiger partial charge is 0.309 e. The van der Waals surface area contributed by atoms with Gasteiger partial charge >= 0.3 is 5.97 Å². The topological polar surface area (TPSA) is 81.5 Å². The fourth-order valence-corrected chi connectivity index (χ4v) is 11.1. The van der Waals surface area contributed by atoms with Gasteiger partial charge in [-0.1, -0.05) is 102 Å². The van der Waals surface area contributed by atoms with Gasteiger partial charge in [-0.15, -0.1) is 22.7 Å². The van der Waals surface area contributed by atoms with E-state index in [1.807, 2.05) is 49.4 Å². The largest absolute Gasteiger partial charge is 0.462 e. The molecule has 2 aromatic carbocycles. The van der Waals surface area contributed by atoms with Crippen LogP contribution in [0.15, 0.2) is 97.3 Å². The number of benzene rings is 2. The minimum atomic E-state index is -1.34. The Morgan fingerprint density at radius 1 is 0.662 bits per heavy atom. The maximum atomic E-state index is 13.1. The summed E-state index contributed by atoms with van der Waals surface area (Å²) >= 11 is 16.1. The Balaban J connectivity index is 0.000000181. The molecule has 2 aliphatic rings. The number of cyclic esters (lactones) is 1. The van der Waals surface area contributed by atoms with Crippen molar-refractivity contribution in [1.29, 1.82) is 0 Å². The number of nitrogens with zero attached hydrogens (tertiary/aromatic N) is 2. The molecule has 2 aliphatic heterocycles. The lowest BCUT2D eigenvalue weighted by molar-refractivity contribution is -0.316. The van der Waals surface area contributed by atoms with Gasteiger partial charge in [0.2, 0.25) is 11.9 Å². The number of aliphatic hydroxyl groups is 1. The summed E-state index contributed by atoms with van der Waals surface area (Å²) in [4.78, 5) is 23.2. The highest BCUT2D eigenvalue weighted by molar-refractivity contribution is 7.15. The van der Waals surface area contributed by atoms with Crippen molar-refractivity contribution in [3.63, 3.8) is 0 Å². The van der Waals surface area contributed by atoms with E-state index >= 15 is 0 Å². The summed E-state index contributed by atoms with van der Waals surface area (Å²) in [7, 11) is 0. The first-order chi connectivity index (χ1) is 30.9. The first-order valence-corrected chi connectivity index (χ1v) is 24.9. The molecule has 9 atom stereocenters. The molecule has 0 bridgehead atoms. The quantitative estimate of drug-likeness (QED) is 0.115.